The molecule has 5 heteroatoms. The summed E-state index contributed by atoms with van der Waals surface area (Å²) >= 11 is 0. The molecule has 0 N–H and O–H groups in total. The number of hydrogen-bond acceptors (Lipinski definition) is 4. The van der Waals surface area contributed by atoms with E-state index in [1.54, 1.807) is 6.21 Å². The predicted octanol–water partition coefficient (Wildman–Crippen LogP) is 1.95. The van der Waals surface area contributed by atoms with E-state index in [4.69, 9.17) is 4.74 Å². The van der Waals surface area contributed by atoms with Crippen LogP contribution in [0.2, 0.25) is 0 Å². The Hall–Kier alpha value is -2.17. The smallest absolute Gasteiger partial charge is 0.141 e. The highest BCUT2D eigenvalue weighted by molar-refractivity contribution is 5.83. The van der Waals surface area contributed by atoms with E-state index in [9.17, 15) is 0 Å². The van der Waals surface area contributed by atoms with Crippen molar-refractivity contribution in [3.05, 3.63) is 42.5 Å². The molecule has 0 saturated heterocycles. The largest absolute Gasteiger partial charge is 0.490 e. The highest BCUT2D eigenvalue weighted by Gasteiger charge is 2.02. The van der Waals surface area contributed by atoms with Crippen molar-refractivity contribution in [2.24, 2.45) is 5.10 Å². The van der Waals surface area contributed by atoms with Crippen LogP contribution in [0.1, 0.15) is 19.4 Å². The molecular weight excluding hydrogens is 216 g/mol. The van der Waals surface area contributed by atoms with E-state index in [-0.39, 0.29) is 6.10 Å². The minimum absolute atomic E-state index is 0.138. The summed E-state index contributed by atoms with van der Waals surface area (Å²) in [4.78, 5) is 0. The van der Waals surface area contributed by atoms with Crippen LogP contribution in [0.25, 0.3) is 0 Å². The highest BCUT2D eigenvalue weighted by Crippen LogP contribution is 2.17. The summed E-state index contributed by atoms with van der Waals surface area (Å²) in [5, 5.41) is 11.5. The minimum Gasteiger partial charge on any atom is -0.490 e. The van der Waals surface area contributed by atoms with E-state index < -0.39 is 0 Å². The second-order valence-corrected chi connectivity index (χ2v) is 3.79. The molecule has 0 atom stereocenters. The normalized spacial score (nSPS) is 11.2. The van der Waals surface area contributed by atoms with Crippen molar-refractivity contribution in [1.29, 1.82) is 0 Å². The number of rotatable bonds is 4. The Morgan fingerprint density at radius 3 is 2.65 bits per heavy atom. The standard InChI is InChI=1S/C12H14N4O/c1-10(2)17-12-6-4-3-5-11(12)7-15-16-8-13-14-9-16/h3-10H,1-2H3/b15-7-. The van der Waals surface area contributed by atoms with Gasteiger partial charge in [0.25, 0.3) is 0 Å². The molecule has 1 aromatic heterocycles. The Morgan fingerprint density at radius 2 is 1.94 bits per heavy atom. The van der Waals surface area contributed by atoms with Crippen LogP contribution in [0, 0.1) is 0 Å². The summed E-state index contributed by atoms with van der Waals surface area (Å²) in [6.07, 6.45) is 4.92. The lowest BCUT2D eigenvalue weighted by Crippen LogP contribution is -2.07. The number of para-hydroxylation sites is 1. The summed E-state index contributed by atoms with van der Waals surface area (Å²) in [6, 6.07) is 7.76. The molecule has 0 fully saturated rings. The fourth-order valence-electron chi connectivity index (χ4n) is 1.33. The van der Waals surface area contributed by atoms with Crippen molar-refractivity contribution in [2.45, 2.75) is 20.0 Å². The summed E-state index contributed by atoms with van der Waals surface area (Å²) < 4.78 is 7.22. The second kappa shape index (κ2) is 5.25. The number of aromatic nitrogens is 3. The van der Waals surface area contributed by atoms with Gasteiger partial charge in [0.05, 0.1) is 12.3 Å². The Kier molecular flexibility index (Phi) is 3.49. The molecule has 0 spiro atoms. The van der Waals surface area contributed by atoms with Crippen molar-refractivity contribution < 1.29 is 4.74 Å². The Bertz CT molecular complexity index is 491. The Balaban J connectivity index is 2.20. The molecule has 1 aromatic carbocycles. The maximum atomic E-state index is 5.68. The molecule has 0 bridgehead atoms. The zero-order valence-electron chi connectivity index (χ0n) is 9.82. The van der Waals surface area contributed by atoms with Gasteiger partial charge in [-0.25, -0.2) is 4.68 Å². The number of ether oxygens (including phenoxy) is 1. The molecule has 0 aliphatic heterocycles. The van der Waals surface area contributed by atoms with Crippen molar-refractivity contribution >= 4 is 6.21 Å². The summed E-state index contributed by atoms with van der Waals surface area (Å²) in [7, 11) is 0. The Labute approximate surface area is 99.8 Å². The lowest BCUT2D eigenvalue weighted by atomic mass is 10.2. The van der Waals surface area contributed by atoms with Crippen LogP contribution in [0.3, 0.4) is 0 Å². The van der Waals surface area contributed by atoms with Gasteiger partial charge in [-0.2, -0.15) is 5.10 Å². The van der Waals surface area contributed by atoms with Crippen LogP contribution in [0.5, 0.6) is 5.75 Å². The van der Waals surface area contributed by atoms with Crippen molar-refractivity contribution in [3.8, 4) is 5.75 Å². The first-order chi connectivity index (χ1) is 8.25. The zero-order chi connectivity index (χ0) is 12.1. The number of hydrogen-bond donors (Lipinski definition) is 0. The Morgan fingerprint density at radius 1 is 1.24 bits per heavy atom. The fourth-order valence-corrected chi connectivity index (χ4v) is 1.33. The third kappa shape index (κ3) is 3.14. The van der Waals surface area contributed by atoms with Crippen LogP contribution in [-0.2, 0) is 0 Å². The maximum Gasteiger partial charge on any atom is 0.141 e. The van der Waals surface area contributed by atoms with Gasteiger partial charge in [0.1, 0.15) is 18.4 Å². The van der Waals surface area contributed by atoms with Gasteiger partial charge in [0.15, 0.2) is 0 Å². The van der Waals surface area contributed by atoms with Crippen molar-refractivity contribution in [3.63, 3.8) is 0 Å². The molecule has 0 aliphatic carbocycles. The van der Waals surface area contributed by atoms with Gasteiger partial charge >= 0.3 is 0 Å². The molecule has 0 radical (unpaired) electrons. The van der Waals surface area contributed by atoms with Gasteiger partial charge < -0.3 is 4.74 Å². The van der Waals surface area contributed by atoms with Gasteiger partial charge in [-0.3, -0.25) is 0 Å². The SMILES string of the molecule is CC(C)Oc1ccccc1/C=N\n1cnnc1. The van der Waals surface area contributed by atoms with Crippen LogP contribution >= 0.6 is 0 Å². The van der Waals surface area contributed by atoms with Gasteiger partial charge in [0, 0.05) is 5.56 Å². The van der Waals surface area contributed by atoms with Crippen LogP contribution in [-0.4, -0.2) is 27.2 Å². The van der Waals surface area contributed by atoms with Crippen molar-refractivity contribution in [2.75, 3.05) is 0 Å². The molecule has 0 amide bonds. The zero-order valence-corrected chi connectivity index (χ0v) is 9.82. The number of nitrogens with zero attached hydrogens (tertiary/aromatic N) is 4. The van der Waals surface area contributed by atoms with E-state index in [1.165, 1.54) is 17.3 Å². The third-order valence-corrected chi connectivity index (χ3v) is 2.02. The molecule has 2 aromatic rings. The summed E-state index contributed by atoms with van der Waals surface area (Å²) in [6.45, 7) is 3.99. The molecule has 5 nitrogen and oxygen atoms in total. The topological polar surface area (TPSA) is 52.3 Å². The molecule has 2 rings (SSSR count). The molecule has 0 saturated carbocycles. The van der Waals surface area contributed by atoms with E-state index in [1.807, 2.05) is 38.1 Å². The predicted molar refractivity (Wildman–Crippen MR) is 65.2 cm³/mol. The van der Waals surface area contributed by atoms with Gasteiger partial charge in [-0.1, -0.05) is 12.1 Å². The lowest BCUT2D eigenvalue weighted by molar-refractivity contribution is 0.242. The number of benzene rings is 1. The van der Waals surface area contributed by atoms with Gasteiger partial charge in [0.2, 0.25) is 0 Å². The lowest BCUT2D eigenvalue weighted by Gasteiger charge is -2.11. The first-order valence-corrected chi connectivity index (χ1v) is 5.40. The quantitative estimate of drug-likeness (QED) is 0.754. The van der Waals surface area contributed by atoms with Gasteiger partial charge in [-0.15, -0.1) is 10.2 Å². The average Bonchev–Trinajstić information content (AvgIpc) is 2.80. The van der Waals surface area contributed by atoms with Crippen LogP contribution in [0.15, 0.2) is 42.0 Å². The molecular formula is C12H14N4O. The maximum absolute atomic E-state index is 5.68. The van der Waals surface area contributed by atoms with Crippen LogP contribution in [0.4, 0.5) is 0 Å². The van der Waals surface area contributed by atoms with E-state index >= 15 is 0 Å². The van der Waals surface area contributed by atoms with E-state index in [2.05, 4.69) is 15.3 Å². The summed E-state index contributed by atoms with van der Waals surface area (Å²) in [5.41, 5.74) is 0.926. The fraction of sp³-hybridized carbons (Fsp3) is 0.250. The van der Waals surface area contributed by atoms with E-state index in [0.29, 0.717) is 0 Å². The highest BCUT2D eigenvalue weighted by atomic mass is 16.5. The summed E-state index contributed by atoms with van der Waals surface area (Å²) in [5.74, 6) is 0.819. The molecule has 17 heavy (non-hydrogen) atoms. The first kappa shape index (κ1) is 11.3. The second-order valence-electron chi connectivity index (χ2n) is 3.79. The molecule has 88 valence electrons. The molecule has 0 aliphatic rings. The minimum atomic E-state index is 0.138. The van der Waals surface area contributed by atoms with Crippen LogP contribution < -0.4 is 4.74 Å². The van der Waals surface area contributed by atoms with Crippen molar-refractivity contribution in [1.82, 2.24) is 14.9 Å². The average molecular weight is 230 g/mol. The third-order valence-electron chi connectivity index (χ3n) is 2.02. The monoisotopic (exact) mass is 230 g/mol. The first-order valence-electron chi connectivity index (χ1n) is 5.40. The van der Waals surface area contributed by atoms with E-state index in [0.717, 1.165) is 11.3 Å². The molecule has 1 heterocycles. The van der Waals surface area contributed by atoms with Gasteiger partial charge in [-0.05, 0) is 26.0 Å². The molecule has 0 unspecified atom stereocenters.